The number of nitro benzene ring substituents is 1. The second-order valence-electron chi connectivity index (χ2n) is 4.12. The number of rotatable bonds is 4. The molecule has 0 aliphatic carbocycles. The second kappa shape index (κ2) is 5.74. The quantitative estimate of drug-likeness (QED) is 0.434. The topological polar surface area (TPSA) is 95.6 Å². The van der Waals surface area contributed by atoms with Crippen LogP contribution >= 0.6 is 13.5 Å². The van der Waals surface area contributed by atoms with Crippen LogP contribution in [0.1, 0.15) is 13.8 Å². The lowest BCUT2D eigenvalue weighted by molar-refractivity contribution is -0.384. The lowest BCUT2D eigenvalue weighted by Crippen LogP contribution is -2.29. The Labute approximate surface area is 106 Å². The molecule has 0 fully saturated rings. The van der Waals surface area contributed by atoms with E-state index in [-0.39, 0.29) is 31.5 Å². The number of anilines is 1. The lowest BCUT2D eigenvalue weighted by Gasteiger charge is -2.18. The van der Waals surface area contributed by atoms with Crippen molar-refractivity contribution in [3.05, 3.63) is 28.3 Å². The molecule has 0 unspecified atom stereocenters. The van der Waals surface area contributed by atoms with E-state index >= 15 is 0 Å². The van der Waals surface area contributed by atoms with Gasteiger partial charge >= 0.3 is 0 Å². The van der Waals surface area contributed by atoms with E-state index in [0.717, 1.165) is 6.07 Å². The molecular formula is C10H16N2O4S. The molecule has 1 aromatic rings. The van der Waals surface area contributed by atoms with Gasteiger partial charge in [0.15, 0.2) is 0 Å². The summed E-state index contributed by atoms with van der Waals surface area (Å²) >= 11 is 0. The second-order valence-corrected chi connectivity index (χ2v) is 4.12. The molecule has 0 aromatic heterocycles. The Morgan fingerprint density at radius 3 is 2.47 bits per heavy atom. The predicted octanol–water partition coefficient (Wildman–Crippen LogP) is 1.60. The Kier molecular flexibility index (Phi) is 5.24. The SMILES string of the molecule is CC(C)(O)CNc1ccc([N+](=O)[O-])cc1O.S. The summed E-state index contributed by atoms with van der Waals surface area (Å²) < 4.78 is 0. The summed E-state index contributed by atoms with van der Waals surface area (Å²) in [5, 5.41) is 32.2. The van der Waals surface area contributed by atoms with Crippen molar-refractivity contribution in [3.63, 3.8) is 0 Å². The lowest BCUT2D eigenvalue weighted by atomic mass is 10.1. The van der Waals surface area contributed by atoms with Crippen LogP contribution in [0.5, 0.6) is 5.75 Å². The third-order valence-electron chi connectivity index (χ3n) is 1.90. The van der Waals surface area contributed by atoms with Crippen LogP contribution in [0.2, 0.25) is 0 Å². The number of nitrogens with one attached hydrogen (secondary N) is 1. The van der Waals surface area contributed by atoms with Crippen molar-refractivity contribution in [1.82, 2.24) is 0 Å². The van der Waals surface area contributed by atoms with E-state index in [4.69, 9.17) is 0 Å². The number of aliphatic hydroxyl groups is 1. The van der Waals surface area contributed by atoms with E-state index in [1.54, 1.807) is 13.8 Å². The first-order valence-corrected chi connectivity index (χ1v) is 4.73. The number of nitrogens with zero attached hydrogens (tertiary/aromatic N) is 1. The van der Waals surface area contributed by atoms with Crippen molar-refractivity contribution in [1.29, 1.82) is 0 Å². The molecule has 6 nitrogen and oxygen atoms in total. The van der Waals surface area contributed by atoms with Gasteiger partial charge in [0, 0.05) is 12.6 Å². The number of aromatic hydroxyl groups is 1. The Morgan fingerprint density at radius 1 is 1.47 bits per heavy atom. The number of non-ortho nitro benzene ring substituents is 1. The van der Waals surface area contributed by atoms with Crippen LogP contribution in [0.4, 0.5) is 11.4 Å². The van der Waals surface area contributed by atoms with E-state index in [2.05, 4.69) is 5.32 Å². The van der Waals surface area contributed by atoms with E-state index in [1.807, 2.05) is 0 Å². The van der Waals surface area contributed by atoms with Crippen LogP contribution in [0.15, 0.2) is 18.2 Å². The molecule has 17 heavy (non-hydrogen) atoms. The highest BCUT2D eigenvalue weighted by atomic mass is 32.1. The molecule has 7 heteroatoms. The standard InChI is InChI=1S/C10H14N2O4.H2S/c1-10(2,14)6-11-8-4-3-7(12(15)16)5-9(8)13;/h3-5,11,13-14H,6H2,1-2H3;1H2. The maximum Gasteiger partial charge on any atom is 0.273 e. The number of hydrogen-bond donors (Lipinski definition) is 3. The highest BCUT2D eigenvalue weighted by Gasteiger charge is 2.14. The number of hydrogen-bond acceptors (Lipinski definition) is 5. The molecule has 0 bridgehead atoms. The van der Waals surface area contributed by atoms with E-state index in [0.29, 0.717) is 5.69 Å². The summed E-state index contributed by atoms with van der Waals surface area (Å²) in [5.41, 5.74) is -0.743. The molecule has 0 atom stereocenters. The summed E-state index contributed by atoms with van der Waals surface area (Å²) in [6.45, 7) is 3.46. The fraction of sp³-hybridized carbons (Fsp3) is 0.400. The van der Waals surface area contributed by atoms with Crippen molar-refractivity contribution >= 4 is 24.9 Å². The Bertz CT molecular complexity index is 404. The number of phenols is 1. The largest absolute Gasteiger partial charge is 0.506 e. The van der Waals surface area contributed by atoms with E-state index in [1.165, 1.54) is 12.1 Å². The van der Waals surface area contributed by atoms with Gasteiger partial charge in [-0.05, 0) is 19.9 Å². The number of phenolic OH excluding ortho intramolecular Hbond substituents is 1. The Hall–Kier alpha value is -1.47. The maximum absolute atomic E-state index is 10.4. The molecule has 96 valence electrons. The van der Waals surface area contributed by atoms with Gasteiger partial charge < -0.3 is 15.5 Å². The van der Waals surface area contributed by atoms with Crippen molar-refractivity contribution in [2.45, 2.75) is 19.4 Å². The Balaban J connectivity index is 0.00000256. The van der Waals surface area contributed by atoms with Crippen molar-refractivity contribution in [3.8, 4) is 5.75 Å². The zero-order valence-corrected chi connectivity index (χ0v) is 10.6. The molecule has 0 heterocycles. The highest BCUT2D eigenvalue weighted by molar-refractivity contribution is 7.59. The third-order valence-corrected chi connectivity index (χ3v) is 1.90. The molecule has 0 saturated carbocycles. The predicted molar refractivity (Wildman–Crippen MR) is 69.9 cm³/mol. The first-order valence-electron chi connectivity index (χ1n) is 4.73. The normalized spacial score (nSPS) is 10.5. The van der Waals surface area contributed by atoms with Crippen molar-refractivity contribution in [2.75, 3.05) is 11.9 Å². The monoisotopic (exact) mass is 260 g/mol. The molecule has 0 aliphatic heterocycles. The van der Waals surface area contributed by atoms with Crippen LogP contribution in [-0.4, -0.2) is 27.3 Å². The van der Waals surface area contributed by atoms with Crippen LogP contribution in [0.25, 0.3) is 0 Å². The van der Waals surface area contributed by atoms with Crippen LogP contribution in [0.3, 0.4) is 0 Å². The first-order chi connectivity index (χ1) is 7.29. The fourth-order valence-electron chi connectivity index (χ4n) is 1.09. The molecular weight excluding hydrogens is 244 g/mol. The maximum atomic E-state index is 10.4. The van der Waals surface area contributed by atoms with Crippen LogP contribution in [-0.2, 0) is 0 Å². The molecule has 0 spiro atoms. The molecule has 1 rings (SSSR count). The molecule has 0 amide bonds. The zero-order valence-electron chi connectivity index (χ0n) is 9.60. The minimum absolute atomic E-state index is 0. The number of nitro groups is 1. The third kappa shape index (κ3) is 4.92. The Morgan fingerprint density at radius 2 is 2.06 bits per heavy atom. The first kappa shape index (κ1) is 15.5. The van der Waals surface area contributed by atoms with Gasteiger partial charge in [-0.3, -0.25) is 10.1 Å². The molecule has 3 N–H and O–H groups in total. The minimum atomic E-state index is -0.922. The van der Waals surface area contributed by atoms with Crippen molar-refractivity contribution in [2.24, 2.45) is 0 Å². The average Bonchev–Trinajstić information content (AvgIpc) is 2.14. The van der Waals surface area contributed by atoms with Crippen molar-refractivity contribution < 1.29 is 15.1 Å². The van der Waals surface area contributed by atoms with Gasteiger partial charge in [-0.25, -0.2) is 0 Å². The van der Waals surface area contributed by atoms with Gasteiger partial charge in [0.1, 0.15) is 5.75 Å². The summed E-state index contributed by atoms with van der Waals surface area (Å²) in [6, 6.07) is 3.75. The van der Waals surface area contributed by atoms with Gasteiger partial charge in [0.05, 0.1) is 22.3 Å². The molecule has 0 radical (unpaired) electrons. The van der Waals surface area contributed by atoms with E-state index in [9.17, 15) is 20.3 Å². The fourth-order valence-corrected chi connectivity index (χ4v) is 1.09. The van der Waals surface area contributed by atoms with Gasteiger partial charge in [-0.15, -0.1) is 0 Å². The van der Waals surface area contributed by atoms with Gasteiger partial charge in [-0.1, -0.05) is 0 Å². The van der Waals surface area contributed by atoms with Crippen LogP contribution in [0, 0.1) is 10.1 Å². The van der Waals surface area contributed by atoms with Gasteiger partial charge in [-0.2, -0.15) is 13.5 Å². The highest BCUT2D eigenvalue weighted by Crippen LogP contribution is 2.28. The molecule has 0 aliphatic rings. The smallest absolute Gasteiger partial charge is 0.273 e. The summed E-state index contributed by atoms with van der Waals surface area (Å²) in [4.78, 5) is 9.83. The minimum Gasteiger partial charge on any atom is -0.506 e. The summed E-state index contributed by atoms with van der Waals surface area (Å²) in [7, 11) is 0. The summed E-state index contributed by atoms with van der Waals surface area (Å²) in [6.07, 6.45) is 0. The summed E-state index contributed by atoms with van der Waals surface area (Å²) in [5.74, 6) is -0.210. The number of benzene rings is 1. The molecule has 1 aromatic carbocycles. The van der Waals surface area contributed by atoms with E-state index < -0.39 is 10.5 Å². The van der Waals surface area contributed by atoms with Gasteiger partial charge in [0.25, 0.3) is 5.69 Å². The molecule has 0 saturated heterocycles. The average molecular weight is 260 g/mol. The van der Waals surface area contributed by atoms with Crippen LogP contribution < -0.4 is 5.32 Å². The van der Waals surface area contributed by atoms with Gasteiger partial charge in [0.2, 0.25) is 0 Å². The zero-order chi connectivity index (χ0) is 12.3.